The first kappa shape index (κ1) is 24.1. The van der Waals surface area contributed by atoms with Gasteiger partial charge >= 0.3 is 0 Å². The monoisotopic (exact) mass is 454 g/mol. The van der Waals surface area contributed by atoms with Gasteiger partial charge in [0.05, 0.1) is 12.3 Å². The molecule has 0 saturated carbocycles. The summed E-state index contributed by atoms with van der Waals surface area (Å²) in [6.07, 6.45) is 3.35. The average Bonchev–Trinajstić information content (AvgIpc) is 2.95. The molecule has 0 aromatic heterocycles. The van der Waals surface area contributed by atoms with Crippen LogP contribution >= 0.6 is 0 Å². The van der Waals surface area contributed by atoms with Crippen molar-refractivity contribution in [3.05, 3.63) is 65.4 Å². The molecule has 8 heteroatoms. The Morgan fingerprint density at radius 3 is 2.64 bits per heavy atom. The first-order valence-electron chi connectivity index (χ1n) is 10.8. The van der Waals surface area contributed by atoms with Crippen molar-refractivity contribution in [1.82, 2.24) is 0 Å². The topological polar surface area (TPSA) is 81.6 Å². The number of nitrogens with zero attached hydrogens (tertiary/aromatic N) is 3. The van der Waals surface area contributed by atoms with Crippen molar-refractivity contribution < 1.29 is 18.3 Å². The smallest absolute Gasteiger partial charge is 0.168 e. The van der Waals surface area contributed by atoms with Gasteiger partial charge < -0.3 is 15.2 Å². The zero-order valence-corrected chi connectivity index (χ0v) is 19.2. The maximum Gasteiger partial charge on any atom is 0.168 e. The summed E-state index contributed by atoms with van der Waals surface area (Å²) in [4.78, 5) is 4.39. The molecule has 2 aromatic rings. The van der Waals surface area contributed by atoms with Crippen molar-refractivity contribution in [1.29, 1.82) is 0 Å². The first-order chi connectivity index (χ1) is 15.8. The van der Waals surface area contributed by atoms with Gasteiger partial charge in [-0.2, -0.15) is 10.2 Å². The molecule has 1 unspecified atom stereocenters. The Hall–Kier alpha value is -3.55. The predicted octanol–water partition coefficient (Wildman–Crippen LogP) is 5.93. The molecule has 1 aliphatic heterocycles. The summed E-state index contributed by atoms with van der Waals surface area (Å²) in [5.41, 5.74) is 9.22. The second-order valence-electron chi connectivity index (χ2n) is 7.71. The van der Waals surface area contributed by atoms with E-state index >= 15 is 0 Å². The fraction of sp³-hybridized carbons (Fsp3) is 0.320. The van der Waals surface area contributed by atoms with Crippen molar-refractivity contribution >= 4 is 22.8 Å². The minimum Gasteiger partial charge on any atom is -0.492 e. The molecule has 1 atom stereocenters. The van der Waals surface area contributed by atoms with E-state index < -0.39 is 11.6 Å². The van der Waals surface area contributed by atoms with Gasteiger partial charge in [-0.1, -0.05) is 6.92 Å². The summed E-state index contributed by atoms with van der Waals surface area (Å²) in [6.45, 7) is 6.40. The van der Waals surface area contributed by atoms with Crippen LogP contribution in [0.4, 0.5) is 14.5 Å². The zero-order valence-electron chi connectivity index (χ0n) is 19.2. The molecule has 0 radical (unpaired) electrons. The van der Waals surface area contributed by atoms with Gasteiger partial charge in [-0.25, -0.2) is 8.78 Å². The highest BCUT2D eigenvalue weighted by molar-refractivity contribution is 6.15. The van der Waals surface area contributed by atoms with E-state index in [4.69, 9.17) is 15.2 Å². The molecule has 0 aliphatic carbocycles. The lowest BCUT2D eigenvalue weighted by Crippen LogP contribution is -2.12. The lowest BCUT2D eigenvalue weighted by molar-refractivity contribution is 0.249. The summed E-state index contributed by atoms with van der Waals surface area (Å²) in [5.74, 6) is -0.424. The van der Waals surface area contributed by atoms with Gasteiger partial charge in [0.15, 0.2) is 11.6 Å². The van der Waals surface area contributed by atoms with Gasteiger partial charge in [0.2, 0.25) is 0 Å². The van der Waals surface area contributed by atoms with Crippen molar-refractivity contribution in [2.75, 3.05) is 19.4 Å². The molecular formula is C25H28F2N4O2. The van der Waals surface area contributed by atoms with E-state index in [1.807, 2.05) is 13.8 Å². The number of allylic oxidation sites excluding steroid dienone is 2. The van der Waals surface area contributed by atoms with Crippen LogP contribution in [-0.4, -0.2) is 30.8 Å². The lowest BCUT2D eigenvalue weighted by Gasteiger charge is -2.15. The Bertz CT molecular complexity index is 1140. The molecule has 0 fully saturated rings. The van der Waals surface area contributed by atoms with E-state index in [1.54, 1.807) is 31.3 Å². The average molecular weight is 455 g/mol. The Balaban J connectivity index is 2.02. The molecule has 174 valence electrons. The largest absolute Gasteiger partial charge is 0.492 e. The fourth-order valence-electron chi connectivity index (χ4n) is 3.29. The third-order valence-electron chi connectivity index (χ3n) is 5.34. The molecule has 1 heterocycles. The number of ether oxygens (including phenoxy) is 2. The van der Waals surface area contributed by atoms with Crippen molar-refractivity contribution in [3.63, 3.8) is 0 Å². The van der Waals surface area contributed by atoms with Gasteiger partial charge in [0, 0.05) is 36.2 Å². The predicted molar refractivity (Wildman–Crippen MR) is 128 cm³/mol. The van der Waals surface area contributed by atoms with E-state index in [-0.39, 0.29) is 5.75 Å². The van der Waals surface area contributed by atoms with E-state index in [0.29, 0.717) is 47.4 Å². The van der Waals surface area contributed by atoms with Crippen LogP contribution in [0, 0.1) is 17.6 Å². The highest BCUT2D eigenvalue weighted by Crippen LogP contribution is 2.30. The van der Waals surface area contributed by atoms with E-state index in [2.05, 4.69) is 22.1 Å². The van der Waals surface area contributed by atoms with Gasteiger partial charge in [0.25, 0.3) is 0 Å². The Morgan fingerprint density at radius 2 is 1.94 bits per heavy atom. The highest BCUT2D eigenvalue weighted by atomic mass is 19.1. The molecule has 33 heavy (non-hydrogen) atoms. The van der Waals surface area contributed by atoms with Gasteiger partial charge in [-0.05, 0) is 62.9 Å². The van der Waals surface area contributed by atoms with Crippen LogP contribution in [0.1, 0.15) is 39.2 Å². The summed E-state index contributed by atoms with van der Waals surface area (Å²) in [6, 6.07) is 8.06. The van der Waals surface area contributed by atoms with Gasteiger partial charge in [-0.3, -0.25) is 4.99 Å². The number of anilines is 1. The third-order valence-corrected chi connectivity index (χ3v) is 5.34. The van der Waals surface area contributed by atoms with E-state index in [0.717, 1.165) is 30.0 Å². The second-order valence-corrected chi connectivity index (χ2v) is 7.71. The molecule has 3 rings (SSSR count). The second kappa shape index (κ2) is 10.8. The van der Waals surface area contributed by atoms with Crippen molar-refractivity contribution in [2.45, 2.75) is 33.6 Å². The lowest BCUT2D eigenvalue weighted by atomic mass is 9.98. The summed E-state index contributed by atoms with van der Waals surface area (Å²) < 4.78 is 39.2. The molecule has 0 spiro atoms. The molecular weight excluding hydrogens is 426 g/mol. The normalized spacial score (nSPS) is 17.2. The summed E-state index contributed by atoms with van der Waals surface area (Å²) in [5, 5.41) is 8.72. The quantitative estimate of drug-likeness (QED) is 0.320. The van der Waals surface area contributed by atoms with Crippen LogP contribution < -0.4 is 10.5 Å². The molecule has 0 amide bonds. The number of nitrogen functional groups attached to an aromatic ring is 1. The molecule has 2 aromatic carbocycles. The first-order valence-corrected chi connectivity index (χ1v) is 10.8. The number of nitrogens with two attached hydrogens (primary N) is 1. The van der Waals surface area contributed by atoms with Crippen molar-refractivity contribution in [2.24, 2.45) is 21.1 Å². The SMILES string of the molecule is CCO/C(=C/C(=NC)c1cc(N)ccc1Oc1ccc(F)cc1F)C1=NN=C(C)C(C)CC1. The number of benzene rings is 2. The Labute approximate surface area is 192 Å². The van der Waals surface area contributed by atoms with Crippen LogP contribution in [0.15, 0.2) is 63.4 Å². The van der Waals surface area contributed by atoms with Crippen LogP contribution in [-0.2, 0) is 4.74 Å². The minimum absolute atomic E-state index is 0.112. The standard InChI is InChI=1S/C25H28F2N4O2/c1-5-32-25(21-9-6-15(2)16(3)30-31-21)14-22(29-4)19-13-18(28)8-11-23(19)33-24-10-7-17(26)12-20(24)27/h7-8,10-15H,5-6,9,28H2,1-4H3/b25-14+,29-22?. The highest BCUT2D eigenvalue weighted by Gasteiger charge is 2.19. The Kier molecular flexibility index (Phi) is 7.92. The summed E-state index contributed by atoms with van der Waals surface area (Å²) in [7, 11) is 1.63. The van der Waals surface area contributed by atoms with Crippen LogP contribution in [0.25, 0.3) is 0 Å². The Morgan fingerprint density at radius 1 is 1.18 bits per heavy atom. The molecule has 2 N–H and O–H groups in total. The number of halogens is 2. The molecule has 1 aliphatic rings. The van der Waals surface area contributed by atoms with Gasteiger partial charge in [0.1, 0.15) is 23.0 Å². The maximum atomic E-state index is 14.2. The molecule has 0 bridgehead atoms. The van der Waals surface area contributed by atoms with E-state index in [9.17, 15) is 8.78 Å². The van der Waals surface area contributed by atoms with Crippen molar-refractivity contribution in [3.8, 4) is 11.5 Å². The number of hydrogen-bond donors (Lipinski definition) is 1. The number of hydrogen-bond acceptors (Lipinski definition) is 6. The minimum atomic E-state index is -0.812. The van der Waals surface area contributed by atoms with Crippen LogP contribution in [0.2, 0.25) is 0 Å². The van der Waals surface area contributed by atoms with Crippen LogP contribution in [0.3, 0.4) is 0 Å². The summed E-state index contributed by atoms with van der Waals surface area (Å²) >= 11 is 0. The maximum absolute atomic E-state index is 14.2. The van der Waals surface area contributed by atoms with Gasteiger partial charge in [-0.15, -0.1) is 0 Å². The van der Waals surface area contributed by atoms with Crippen LogP contribution in [0.5, 0.6) is 11.5 Å². The third kappa shape index (κ3) is 6.03. The van der Waals surface area contributed by atoms with E-state index in [1.165, 1.54) is 6.07 Å². The fourth-order valence-corrected chi connectivity index (χ4v) is 3.29. The molecule has 0 saturated heterocycles. The number of rotatable bonds is 7. The number of aliphatic imine (C=N–C) groups is 1. The molecule has 6 nitrogen and oxygen atoms in total. The zero-order chi connectivity index (χ0) is 24.0.